The van der Waals surface area contributed by atoms with Crippen molar-refractivity contribution in [1.82, 2.24) is 10.1 Å². The van der Waals surface area contributed by atoms with Crippen molar-refractivity contribution < 1.29 is 9.26 Å². The number of benzene rings is 1. The summed E-state index contributed by atoms with van der Waals surface area (Å²) in [6.45, 7) is 5.61. The van der Waals surface area contributed by atoms with Crippen LogP contribution in [0.2, 0.25) is 0 Å². The molecule has 2 heterocycles. The highest BCUT2D eigenvalue weighted by Gasteiger charge is 2.22. The van der Waals surface area contributed by atoms with E-state index in [4.69, 9.17) is 15.0 Å². The molecule has 0 aliphatic carbocycles. The molecule has 0 spiro atoms. The van der Waals surface area contributed by atoms with E-state index in [-0.39, 0.29) is 0 Å². The predicted octanol–water partition coefficient (Wildman–Crippen LogP) is 2.83. The molecule has 2 aromatic rings. The average molecular weight is 273 g/mol. The molecule has 106 valence electrons. The molecule has 0 bridgehead atoms. The Morgan fingerprint density at radius 3 is 2.70 bits per heavy atom. The molecule has 5 heteroatoms. The molecular weight excluding hydrogens is 254 g/mol. The van der Waals surface area contributed by atoms with E-state index in [0.29, 0.717) is 17.5 Å². The van der Waals surface area contributed by atoms with Gasteiger partial charge in [-0.05, 0) is 49.9 Å². The Morgan fingerprint density at radius 2 is 1.95 bits per heavy atom. The lowest BCUT2D eigenvalue weighted by Crippen LogP contribution is -2.15. The van der Waals surface area contributed by atoms with E-state index in [0.717, 1.165) is 48.6 Å². The molecule has 1 fully saturated rings. The second kappa shape index (κ2) is 5.25. The van der Waals surface area contributed by atoms with Crippen molar-refractivity contribution in [2.45, 2.75) is 32.6 Å². The van der Waals surface area contributed by atoms with E-state index in [9.17, 15) is 0 Å². The number of nitrogen functional groups attached to an aromatic ring is 1. The number of hydrogen-bond donors (Lipinski definition) is 1. The molecule has 5 nitrogen and oxygen atoms in total. The van der Waals surface area contributed by atoms with Crippen LogP contribution in [0, 0.1) is 13.8 Å². The Labute approximate surface area is 118 Å². The van der Waals surface area contributed by atoms with E-state index < -0.39 is 0 Å². The fourth-order valence-corrected chi connectivity index (χ4v) is 2.58. The van der Waals surface area contributed by atoms with Gasteiger partial charge in [0.1, 0.15) is 0 Å². The van der Waals surface area contributed by atoms with E-state index in [2.05, 4.69) is 10.1 Å². The lowest BCUT2D eigenvalue weighted by molar-refractivity contribution is 0.0830. The van der Waals surface area contributed by atoms with E-state index >= 15 is 0 Å². The lowest BCUT2D eigenvalue weighted by atomic mass is 9.99. The summed E-state index contributed by atoms with van der Waals surface area (Å²) in [7, 11) is 0. The van der Waals surface area contributed by atoms with Gasteiger partial charge in [0, 0.05) is 30.4 Å². The van der Waals surface area contributed by atoms with Crippen LogP contribution in [0.15, 0.2) is 16.7 Å². The number of nitrogens with zero attached hydrogens (tertiary/aromatic N) is 2. The third kappa shape index (κ3) is 2.41. The van der Waals surface area contributed by atoms with Crippen molar-refractivity contribution in [3.8, 4) is 11.5 Å². The predicted molar refractivity (Wildman–Crippen MR) is 76.4 cm³/mol. The van der Waals surface area contributed by atoms with Crippen LogP contribution in [0.4, 0.5) is 5.69 Å². The maximum Gasteiger partial charge on any atom is 0.258 e. The SMILES string of the molecule is Cc1cc(N)cc(-c2nc(C3CCOCC3)no2)c1C. The van der Waals surface area contributed by atoms with Gasteiger partial charge >= 0.3 is 0 Å². The molecule has 0 radical (unpaired) electrons. The Bertz CT molecular complexity index is 616. The summed E-state index contributed by atoms with van der Waals surface area (Å²) >= 11 is 0. The first-order chi connectivity index (χ1) is 9.65. The van der Waals surface area contributed by atoms with Crippen LogP contribution in [-0.2, 0) is 4.74 Å². The third-order valence-electron chi connectivity index (χ3n) is 3.95. The molecule has 1 saturated heterocycles. The van der Waals surface area contributed by atoms with Gasteiger partial charge in [-0.25, -0.2) is 0 Å². The molecule has 20 heavy (non-hydrogen) atoms. The number of nitrogens with two attached hydrogens (primary N) is 1. The summed E-state index contributed by atoms with van der Waals surface area (Å²) in [5, 5.41) is 4.13. The highest BCUT2D eigenvalue weighted by Crippen LogP contribution is 2.30. The molecule has 0 atom stereocenters. The van der Waals surface area contributed by atoms with Crippen LogP contribution < -0.4 is 5.73 Å². The zero-order chi connectivity index (χ0) is 14.1. The highest BCUT2D eigenvalue weighted by molar-refractivity contribution is 5.66. The van der Waals surface area contributed by atoms with Crippen molar-refractivity contribution >= 4 is 5.69 Å². The first kappa shape index (κ1) is 13.1. The van der Waals surface area contributed by atoms with Gasteiger partial charge < -0.3 is 15.0 Å². The molecule has 3 rings (SSSR count). The summed E-state index contributed by atoms with van der Waals surface area (Å²) in [6.07, 6.45) is 1.90. The van der Waals surface area contributed by atoms with Crippen molar-refractivity contribution in [2.24, 2.45) is 0 Å². The smallest absolute Gasteiger partial charge is 0.258 e. The normalized spacial score (nSPS) is 16.5. The van der Waals surface area contributed by atoms with Crippen molar-refractivity contribution in [3.63, 3.8) is 0 Å². The molecule has 1 aromatic heterocycles. The van der Waals surface area contributed by atoms with Crippen LogP contribution in [0.1, 0.15) is 35.7 Å². The summed E-state index contributed by atoms with van der Waals surface area (Å²) in [4.78, 5) is 4.56. The zero-order valence-corrected chi connectivity index (χ0v) is 11.8. The minimum absolute atomic E-state index is 0.337. The number of rotatable bonds is 2. The van der Waals surface area contributed by atoms with Crippen LogP contribution in [0.3, 0.4) is 0 Å². The molecule has 1 aromatic carbocycles. The Kier molecular flexibility index (Phi) is 3.44. The van der Waals surface area contributed by atoms with Crippen molar-refractivity contribution in [1.29, 1.82) is 0 Å². The number of aromatic nitrogens is 2. The lowest BCUT2D eigenvalue weighted by Gasteiger charge is -2.18. The quantitative estimate of drug-likeness (QED) is 0.852. The summed E-state index contributed by atoms with van der Waals surface area (Å²) < 4.78 is 10.8. The third-order valence-corrected chi connectivity index (χ3v) is 3.95. The van der Waals surface area contributed by atoms with E-state index in [1.54, 1.807) is 0 Å². The maximum atomic E-state index is 5.91. The molecular formula is C15H19N3O2. The van der Waals surface area contributed by atoms with Crippen LogP contribution >= 0.6 is 0 Å². The number of hydrogen-bond acceptors (Lipinski definition) is 5. The van der Waals surface area contributed by atoms with E-state index in [1.807, 2.05) is 26.0 Å². The minimum Gasteiger partial charge on any atom is -0.399 e. The van der Waals surface area contributed by atoms with Gasteiger partial charge in [0.2, 0.25) is 0 Å². The van der Waals surface area contributed by atoms with Crippen molar-refractivity contribution in [2.75, 3.05) is 18.9 Å². The number of aryl methyl sites for hydroxylation is 1. The maximum absolute atomic E-state index is 5.91. The molecule has 2 N–H and O–H groups in total. The Balaban J connectivity index is 1.93. The standard InChI is InChI=1S/C15H19N3O2/c1-9-7-12(16)8-13(10(9)2)15-17-14(18-20-15)11-3-5-19-6-4-11/h7-8,11H,3-6,16H2,1-2H3. The van der Waals surface area contributed by atoms with Crippen LogP contribution in [0.5, 0.6) is 0 Å². The number of ether oxygens (including phenoxy) is 1. The van der Waals surface area contributed by atoms with Gasteiger partial charge in [-0.3, -0.25) is 0 Å². The average Bonchev–Trinajstić information content (AvgIpc) is 2.93. The van der Waals surface area contributed by atoms with Gasteiger partial charge in [-0.1, -0.05) is 5.16 Å². The van der Waals surface area contributed by atoms with E-state index in [1.165, 1.54) is 0 Å². The summed E-state index contributed by atoms with van der Waals surface area (Å²) in [5.74, 6) is 1.67. The summed E-state index contributed by atoms with van der Waals surface area (Å²) in [6, 6.07) is 3.85. The van der Waals surface area contributed by atoms with Gasteiger partial charge in [0.05, 0.1) is 0 Å². The highest BCUT2D eigenvalue weighted by atomic mass is 16.5. The van der Waals surface area contributed by atoms with Gasteiger partial charge in [-0.15, -0.1) is 0 Å². The topological polar surface area (TPSA) is 74.2 Å². The van der Waals surface area contributed by atoms with Gasteiger partial charge in [0.25, 0.3) is 5.89 Å². The fourth-order valence-electron chi connectivity index (χ4n) is 2.58. The molecule has 1 aliphatic rings. The Morgan fingerprint density at radius 1 is 1.20 bits per heavy atom. The van der Waals surface area contributed by atoms with Crippen LogP contribution in [0.25, 0.3) is 11.5 Å². The minimum atomic E-state index is 0.337. The second-order valence-electron chi connectivity index (χ2n) is 5.35. The Hall–Kier alpha value is -1.88. The summed E-state index contributed by atoms with van der Waals surface area (Å²) in [5.41, 5.74) is 9.81. The van der Waals surface area contributed by atoms with Crippen LogP contribution in [-0.4, -0.2) is 23.4 Å². The monoisotopic (exact) mass is 273 g/mol. The first-order valence-electron chi connectivity index (χ1n) is 6.93. The molecule has 0 unspecified atom stereocenters. The number of anilines is 1. The molecule has 1 aliphatic heterocycles. The van der Waals surface area contributed by atoms with Gasteiger partial charge in [-0.2, -0.15) is 4.98 Å². The zero-order valence-electron chi connectivity index (χ0n) is 11.8. The second-order valence-corrected chi connectivity index (χ2v) is 5.35. The fraction of sp³-hybridized carbons (Fsp3) is 0.467. The first-order valence-corrected chi connectivity index (χ1v) is 6.93. The van der Waals surface area contributed by atoms with Crippen molar-refractivity contribution in [3.05, 3.63) is 29.1 Å². The molecule has 0 amide bonds. The largest absolute Gasteiger partial charge is 0.399 e. The van der Waals surface area contributed by atoms with Gasteiger partial charge in [0.15, 0.2) is 5.82 Å². The molecule has 0 saturated carbocycles.